The summed E-state index contributed by atoms with van der Waals surface area (Å²) in [7, 11) is -9.93. The highest BCUT2D eigenvalue weighted by atomic mass is 31.2. The summed E-state index contributed by atoms with van der Waals surface area (Å²) in [6.07, 6.45) is 68.0. The first-order valence-electron chi connectivity index (χ1n) is 44.0. The van der Waals surface area contributed by atoms with Crippen molar-refractivity contribution < 1.29 is 80.2 Å². The number of rotatable bonds is 84. The number of phosphoric ester groups is 2. The van der Waals surface area contributed by atoms with Gasteiger partial charge in [-0.05, 0) is 37.5 Å². The van der Waals surface area contributed by atoms with Crippen LogP contribution < -0.4 is 0 Å². The van der Waals surface area contributed by atoms with Crippen molar-refractivity contribution in [2.45, 2.75) is 471 Å². The minimum atomic E-state index is -4.97. The van der Waals surface area contributed by atoms with E-state index >= 15 is 0 Å². The number of phosphoric acid groups is 2. The molecule has 0 bridgehead atoms. The standard InChI is InChI=1S/C85H166O17P2/c1-7-9-11-13-15-17-19-21-22-23-24-25-26-29-33-39-45-51-57-63-69-84(89)101-80(74-96-83(88)68-62-56-50-44-38-32-30-27-28-31-35-41-47-53-59-65-77(3)4)75-99-103(91,92)97-71-79(86)72-98-104(93,94)100-76-81(73-95-82(87)67-61-55-49-43-37-20-18-16-14-12-10-8-2)102-85(90)70-64-58-52-46-40-34-36-42-48-54-60-66-78(5)6/h77-81,86H,7-76H2,1-6H3,(H,91,92)(H,93,94)/t79-,80-,81-/m1/s1. The van der Waals surface area contributed by atoms with Crippen LogP contribution in [0.15, 0.2) is 0 Å². The molecular weight excluding hydrogens is 1350 g/mol. The molecule has 0 heterocycles. The number of esters is 4. The second-order valence-electron chi connectivity index (χ2n) is 31.5. The van der Waals surface area contributed by atoms with Crippen molar-refractivity contribution in [3.63, 3.8) is 0 Å². The maximum absolute atomic E-state index is 13.1. The highest BCUT2D eigenvalue weighted by Gasteiger charge is 2.30. The predicted octanol–water partition coefficient (Wildman–Crippen LogP) is 25.8. The third-order valence-corrected chi connectivity index (χ3v) is 21.9. The van der Waals surface area contributed by atoms with Gasteiger partial charge in [0.05, 0.1) is 26.4 Å². The number of unbranched alkanes of at least 4 members (excludes halogenated alkanes) is 54. The molecule has 3 N–H and O–H groups in total. The lowest BCUT2D eigenvalue weighted by atomic mass is 10.0. The van der Waals surface area contributed by atoms with E-state index in [-0.39, 0.29) is 25.7 Å². The number of hydrogen-bond donors (Lipinski definition) is 3. The van der Waals surface area contributed by atoms with Gasteiger partial charge in [0.2, 0.25) is 0 Å². The van der Waals surface area contributed by atoms with E-state index in [0.717, 1.165) is 102 Å². The summed E-state index contributed by atoms with van der Waals surface area (Å²) in [5, 5.41) is 10.7. The fourth-order valence-electron chi connectivity index (χ4n) is 13.2. The SMILES string of the molecule is CCCCCCCCCCCCCCCCCCCCCCC(=O)O[C@H](COC(=O)CCCCCCCCCCCCCCCCCC(C)C)COP(=O)(O)OC[C@@H](O)COP(=O)(O)OC[C@@H](COC(=O)CCCCCCCCCCCCCC)OC(=O)CCCCCCCCCCCCCC(C)C. The summed E-state index contributed by atoms with van der Waals surface area (Å²) in [5.41, 5.74) is 0. The smallest absolute Gasteiger partial charge is 0.462 e. The maximum Gasteiger partial charge on any atom is 0.472 e. The molecule has 104 heavy (non-hydrogen) atoms. The summed E-state index contributed by atoms with van der Waals surface area (Å²) in [6.45, 7) is 9.69. The van der Waals surface area contributed by atoms with Gasteiger partial charge in [-0.2, -0.15) is 0 Å². The van der Waals surface area contributed by atoms with Gasteiger partial charge in [-0.1, -0.05) is 401 Å². The van der Waals surface area contributed by atoms with Crippen molar-refractivity contribution >= 4 is 39.5 Å². The minimum Gasteiger partial charge on any atom is -0.462 e. The summed E-state index contributed by atoms with van der Waals surface area (Å²) >= 11 is 0. The summed E-state index contributed by atoms with van der Waals surface area (Å²) in [6, 6.07) is 0. The largest absolute Gasteiger partial charge is 0.472 e. The van der Waals surface area contributed by atoms with Crippen molar-refractivity contribution in [3.05, 3.63) is 0 Å². The molecule has 0 aliphatic heterocycles. The molecule has 0 aliphatic carbocycles. The number of carbonyl (C=O) groups is 4. The van der Waals surface area contributed by atoms with Gasteiger partial charge in [0.1, 0.15) is 19.3 Å². The van der Waals surface area contributed by atoms with Crippen molar-refractivity contribution in [2.75, 3.05) is 39.6 Å². The Bertz CT molecular complexity index is 1990. The molecule has 618 valence electrons. The molecule has 0 rings (SSSR count). The zero-order valence-corrected chi connectivity index (χ0v) is 70.1. The zero-order valence-electron chi connectivity index (χ0n) is 68.3. The molecule has 0 fully saturated rings. The van der Waals surface area contributed by atoms with Crippen LogP contribution in [0.2, 0.25) is 0 Å². The van der Waals surface area contributed by atoms with Gasteiger partial charge in [-0.15, -0.1) is 0 Å². The summed E-state index contributed by atoms with van der Waals surface area (Å²) in [5.74, 6) is -0.530. The second kappa shape index (κ2) is 76.4. The Morgan fingerprint density at radius 3 is 0.654 bits per heavy atom. The van der Waals surface area contributed by atoms with Crippen LogP contribution in [0.25, 0.3) is 0 Å². The first-order valence-corrected chi connectivity index (χ1v) is 47.0. The topological polar surface area (TPSA) is 237 Å². The Morgan fingerprint density at radius 2 is 0.442 bits per heavy atom. The fourth-order valence-corrected chi connectivity index (χ4v) is 14.8. The molecular formula is C85H166O17P2. The Hall–Kier alpha value is -1.94. The van der Waals surface area contributed by atoms with Crippen molar-refractivity contribution in [3.8, 4) is 0 Å². The number of aliphatic hydroxyl groups is 1. The Kier molecular flexibility index (Phi) is 75.0. The van der Waals surface area contributed by atoms with Crippen molar-refractivity contribution in [1.82, 2.24) is 0 Å². The maximum atomic E-state index is 13.1. The fraction of sp³-hybridized carbons (Fsp3) is 0.953. The van der Waals surface area contributed by atoms with Crippen LogP contribution in [0, 0.1) is 11.8 Å². The van der Waals surface area contributed by atoms with Gasteiger partial charge in [-0.3, -0.25) is 37.3 Å². The van der Waals surface area contributed by atoms with Crippen LogP contribution in [0.3, 0.4) is 0 Å². The number of hydrogen-bond acceptors (Lipinski definition) is 15. The minimum absolute atomic E-state index is 0.107. The van der Waals surface area contributed by atoms with Gasteiger partial charge in [0, 0.05) is 25.7 Å². The first kappa shape index (κ1) is 102. The van der Waals surface area contributed by atoms with Gasteiger partial charge in [-0.25, -0.2) is 9.13 Å². The third-order valence-electron chi connectivity index (χ3n) is 20.0. The Morgan fingerprint density at radius 1 is 0.260 bits per heavy atom. The summed E-state index contributed by atoms with van der Waals surface area (Å²) < 4.78 is 68.9. The second-order valence-corrected chi connectivity index (χ2v) is 34.4. The highest BCUT2D eigenvalue weighted by molar-refractivity contribution is 7.47. The lowest BCUT2D eigenvalue weighted by Crippen LogP contribution is -2.30. The molecule has 5 atom stereocenters. The average molecular weight is 1520 g/mol. The Balaban J connectivity index is 5.25. The number of carbonyl (C=O) groups excluding carboxylic acids is 4. The lowest BCUT2D eigenvalue weighted by Gasteiger charge is -2.21. The molecule has 0 amide bonds. The quantitative estimate of drug-likeness (QED) is 0.0222. The molecule has 0 radical (unpaired) electrons. The molecule has 0 spiro atoms. The predicted molar refractivity (Wildman–Crippen MR) is 428 cm³/mol. The van der Waals surface area contributed by atoms with Crippen LogP contribution in [-0.2, 0) is 65.4 Å². The van der Waals surface area contributed by atoms with Crippen molar-refractivity contribution in [2.24, 2.45) is 11.8 Å². The highest BCUT2D eigenvalue weighted by Crippen LogP contribution is 2.45. The molecule has 2 unspecified atom stereocenters. The number of ether oxygens (including phenoxy) is 4. The zero-order chi connectivity index (χ0) is 76.4. The van der Waals surface area contributed by atoms with E-state index in [0.29, 0.717) is 25.7 Å². The van der Waals surface area contributed by atoms with Crippen LogP contribution in [0.4, 0.5) is 0 Å². The molecule has 0 aromatic heterocycles. The van der Waals surface area contributed by atoms with E-state index in [1.54, 1.807) is 0 Å². The molecule has 0 saturated heterocycles. The van der Waals surface area contributed by atoms with E-state index in [9.17, 15) is 43.2 Å². The third kappa shape index (κ3) is 78.2. The van der Waals surface area contributed by atoms with Gasteiger partial charge in [0.15, 0.2) is 12.2 Å². The monoisotopic (exact) mass is 1520 g/mol. The van der Waals surface area contributed by atoms with Crippen LogP contribution in [0.1, 0.15) is 452 Å². The molecule has 0 aliphatic rings. The lowest BCUT2D eigenvalue weighted by molar-refractivity contribution is -0.161. The normalized spacial score (nSPS) is 13.8. The van der Waals surface area contributed by atoms with E-state index in [1.807, 2.05) is 0 Å². The Labute approximate surface area is 638 Å². The van der Waals surface area contributed by atoms with Gasteiger partial charge < -0.3 is 33.8 Å². The van der Waals surface area contributed by atoms with Crippen LogP contribution >= 0.6 is 15.6 Å². The van der Waals surface area contributed by atoms with E-state index in [4.69, 9.17) is 37.0 Å². The molecule has 0 aromatic rings. The van der Waals surface area contributed by atoms with Crippen LogP contribution in [-0.4, -0.2) is 96.7 Å². The average Bonchev–Trinajstić information content (AvgIpc) is 0.906. The molecule has 17 nitrogen and oxygen atoms in total. The van der Waals surface area contributed by atoms with Gasteiger partial charge in [0.25, 0.3) is 0 Å². The van der Waals surface area contributed by atoms with Gasteiger partial charge >= 0.3 is 39.5 Å². The van der Waals surface area contributed by atoms with Crippen LogP contribution in [0.5, 0.6) is 0 Å². The molecule has 19 heteroatoms. The summed E-state index contributed by atoms with van der Waals surface area (Å²) in [4.78, 5) is 73.2. The van der Waals surface area contributed by atoms with E-state index in [2.05, 4.69) is 41.5 Å². The van der Waals surface area contributed by atoms with Crippen molar-refractivity contribution in [1.29, 1.82) is 0 Å². The first-order chi connectivity index (χ1) is 50.4. The van der Waals surface area contributed by atoms with E-state index < -0.39 is 97.5 Å². The molecule has 0 aromatic carbocycles. The molecule has 0 saturated carbocycles. The number of aliphatic hydroxyl groups excluding tert-OH is 1. The van der Waals surface area contributed by atoms with E-state index in [1.165, 1.54) is 270 Å².